The minimum Gasteiger partial charge on any atom is -0.367 e. The van der Waals surface area contributed by atoms with Gasteiger partial charge in [-0.2, -0.15) is 13.8 Å². The summed E-state index contributed by atoms with van der Waals surface area (Å²) in [6.07, 6.45) is 5.71. The lowest BCUT2D eigenvalue weighted by atomic mass is 10.1. The van der Waals surface area contributed by atoms with Crippen LogP contribution >= 0.6 is 0 Å². The van der Waals surface area contributed by atoms with Crippen LogP contribution in [0.4, 0.5) is 0 Å². The number of piperidine rings is 1. The van der Waals surface area contributed by atoms with Crippen molar-refractivity contribution in [2.75, 3.05) is 19.3 Å². The molecular formula is C8H15N5S. The summed E-state index contributed by atoms with van der Waals surface area (Å²) in [6, 6.07) is 0. The summed E-state index contributed by atoms with van der Waals surface area (Å²) < 4.78 is 8.46. The number of nitrogens with zero attached hydrogens (tertiary/aromatic N) is 4. The van der Waals surface area contributed by atoms with Crippen LogP contribution < -0.4 is 5.73 Å². The number of hydrogen-bond acceptors (Lipinski definition) is 5. The smallest absolute Gasteiger partial charge is 0.236 e. The first kappa shape index (κ1) is 9.64. The normalized spacial score (nSPS) is 27.8. The van der Waals surface area contributed by atoms with Gasteiger partial charge < -0.3 is 10.6 Å². The zero-order chi connectivity index (χ0) is 9.97. The van der Waals surface area contributed by atoms with Crippen LogP contribution in [0.25, 0.3) is 0 Å². The number of rotatable bonds is 0. The maximum Gasteiger partial charge on any atom is 0.236 e. The number of likely N-dealkylation sites (tertiary alicyclic amines) is 1. The van der Waals surface area contributed by atoms with Crippen LogP contribution in [-0.2, 0) is 10.9 Å². The van der Waals surface area contributed by atoms with Crippen molar-refractivity contribution in [2.45, 2.75) is 19.3 Å². The molecule has 2 aliphatic heterocycles. The summed E-state index contributed by atoms with van der Waals surface area (Å²) in [5.74, 6) is 1.15. The second kappa shape index (κ2) is 4.08. The van der Waals surface area contributed by atoms with E-state index in [9.17, 15) is 0 Å². The molecule has 0 aromatic rings. The Morgan fingerprint density at radius 2 is 2.00 bits per heavy atom. The number of aliphatic imine (C=N–C) groups is 1. The topological polar surface area (TPSA) is 66.3 Å². The van der Waals surface area contributed by atoms with E-state index in [-0.39, 0.29) is 10.9 Å². The van der Waals surface area contributed by atoms with Crippen LogP contribution in [0, 0.1) is 0 Å². The highest BCUT2D eigenvalue weighted by Crippen LogP contribution is 2.11. The van der Waals surface area contributed by atoms with Crippen molar-refractivity contribution < 1.29 is 0 Å². The molecule has 1 atom stereocenters. The highest BCUT2D eigenvalue weighted by molar-refractivity contribution is 7.85. The van der Waals surface area contributed by atoms with Crippen LogP contribution in [0.15, 0.2) is 13.8 Å². The lowest BCUT2D eigenvalue weighted by Crippen LogP contribution is -2.37. The van der Waals surface area contributed by atoms with Crippen LogP contribution in [0.2, 0.25) is 0 Å². The number of nitrogens with two attached hydrogens (primary N) is 1. The molecule has 2 heterocycles. The Morgan fingerprint density at radius 1 is 1.29 bits per heavy atom. The monoisotopic (exact) mass is 213 g/mol. The molecule has 0 aliphatic carbocycles. The second-order valence-corrected chi connectivity index (χ2v) is 4.71. The van der Waals surface area contributed by atoms with E-state index in [4.69, 9.17) is 5.73 Å². The Balaban J connectivity index is 2.14. The Hall–Kier alpha value is -0.910. The summed E-state index contributed by atoms with van der Waals surface area (Å²) in [7, 11) is -0.337. The van der Waals surface area contributed by atoms with E-state index in [0.717, 1.165) is 19.0 Å². The maximum atomic E-state index is 5.60. The molecule has 2 rings (SSSR count). The number of guanidine groups is 2. The van der Waals surface area contributed by atoms with Crippen LogP contribution in [-0.4, -0.2) is 36.2 Å². The van der Waals surface area contributed by atoms with Crippen molar-refractivity contribution in [3.8, 4) is 0 Å². The van der Waals surface area contributed by atoms with Gasteiger partial charge >= 0.3 is 0 Å². The minimum atomic E-state index is -0.337. The average molecular weight is 213 g/mol. The molecule has 1 fully saturated rings. The van der Waals surface area contributed by atoms with Gasteiger partial charge in [-0.1, -0.05) is 0 Å². The van der Waals surface area contributed by atoms with Gasteiger partial charge in [0, 0.05) is 30.2 Å². The first-order chi connectivity index (χ1) is 6.75. The largest absolute Gasteiger partial charge is 0.367 e. The summed E-state index contributed by atoms with van der Waals surface area (Å²) in [6.45, 7) is 2.10. The number of hydrogen-bond donors (Lipinski definition) is 1. The Kier molecular flexibility index (Phi) is 2.81. The van der Waals surface area contributed by atoms with E-state index in [1.54, 1.807) is 0 Å². The van der Waals surface area contributed by atoms with E-state index in [1.165, 1.54) is 19.3 Å². The highest BCUT2D eigenvalue weighted by atomic mass is 32.2. The summed E-state index contributed by atoms with van der Waals surface area (Å²) >= 11 is 0. The first-order valence-electron chi connectivity index (χ1n) is 4.81. The van der Waals surface area contributed by atoms with Gasteiger partial charge in [0.05, 0.1) is 0 Å². The fourth-order valence-electron chi connectivity index (χ4n) is 1.64. The standard InChI is InChI=1S/C8H15N5S/c1-14-11-7(9)10-8(12-14)13-5-3-2-4-6-13/h2-6H2,1H3,(H2,9,10,11,12). The van der Waals surface area contributed by atoms with Crippen LogP contribution in [0.3, 0.4) is 0 Å². The third-order valence-corrected chi connectivity index (χ3v) is 3.17. The SMILES string of the molecule is CS1=NC(N2CCCCC2)=NC(N)=N1. The molecule has 6 heteroatoms. The van der Waals surface area contributed by atoms with Gasteiger partial charge in [-0.05, 0) is 19.3 Å². The van der Waals surface area contributed by atoms with Gasteiger partial charge in [-0.15, -0.1) is 0 Å². The molecule has 0 aromatic heterocycles. The molecule has 1 unspecified atom stereocenters. The fraction of sp³-hybridized carbons (Fsp3) is 0.750. The molecule has 0 radical (unpaired) electrons. The molecule has 0 bridgehead atoms. The highest BCUT2D eigenvalue weighted by Gasteiger charge is 2.16. The molecule has 2 aliphatic rings. The Morgan fingerprint density at radius 3 is 2.64 bits per heavy atom. The lowest BCUT2D eigenvalue weighted by molar-refractivity contribution is 0.340. The summed E-state index contributed by atoms with van der Waals surface area (Å²) in [4.78, 5) is 6.37. The molecule has 1 saturated heterocycles. The molecule has 0 saturated carbocycles. The molecule has 5 nitrogen and oxygen atoms in total. The van der Waals surface area contributed by atoms with Gasteiger partial charge in [0.1, 0.15) is 0 Å². The molecule has 2 N–H and O–H groups in total. The van der Waals surface area contributed by atoms with E-state index in [2.05, 4.69) is 18.7 Å². The van der Waals surface area contributed by atoms with Crippen LogP contribution in [0.5, 0.6) is 0 Å². The zero-order valence-corrected chi connectivity index (χ0v) is 9.13. The molecule has 78 valence electrons. The van der Waals surface area contributed by atoms with E-state index >= 15 is 0 Å². The van der Waals surface area contributed by atoms with E-state index < -0.39 is 0 Å². The summed E-state index contributed by atoms with van der Waals surface area (Å²) in [5, 5.41) is 0. The van der Waals surface area contributed by atoms with Crippen LogP contribution in [0.1, 0.15) is 19.3 Å². The van der Waals surface area contributed by atoms with Gasteiger partial charge in [0.15, 0.2) is 0 Å². The Bertz CT molecular complexity index is 311. The molecule has 14 heavy (non-hydrogen) atoms. The van der Waals surface area contributed by atoms with Crippen molar-refractivity contribution in [3.05, 3.63) is 0 Å². The van der Waals surface area contributed by atoms with Crippen molar-refractivity contribution in [1.82, 2.24) is 4.90 Å². The molecular weight excluding hydrogens is 198 g/mol. The minimum absolute atomic E-state index is 0.337. The van der Waals surface area contributed by atoms with Gasteiger partial charge in [0.2, 0.25) is 11.9 Å². The predicted molar refractivity (Wildman–Crippen MR) is 60.2 cm³/mol. The van der Waals surface area contributed by atoms with Crippen molar-refractivity contribution >= 4 is 22.8 Å². The van der Waals surface area contributed by atoms with Crippen molar-refractivity contribution in [1.29, 1.82) is 0 Å². The lowest BCUT2D eigenvalue weighted by Gasteiger charge is -2.28. The van der Waals surface area contributed by atoms with Crippen molar-refractivity contribution in [2.24, 2.45) is 19.5 Å². The Labute approximate surface area is 86.3 Å². The maximum absolute atomic E-state index is 5.60. The van der Waals surface area contributed by atoms with Gasteiger partial charge in [-0.25, -0.2) is 0 Å². The predicted octanol–water partition coefficient (Wildman–Crippen LogP) is 0.503. The van der Waals surface area contributed by atoms with Gasteiger partial charge in [-0.3, -0.25) is 0 Å². The summed E-state index contributed by atoms with van der Waals surface area (Å²) in [5.41, 5.74) is 5.60. The molecule has 0 aromatic carbocycles. The molecule has 0 spiro atoms. The van der Waals surface area contributed by atoms with Crippen molar-refractivity contribution in [3.63, 3.8) is 0 Å². The molecule has 0 amide bonds. The average Bonchev–Trinajstić information content (AvgIpc) is 2.18. The second-order valence-electron chi connectivity index (χ2n) is 3.45. The quantitative estimate of drug-likeness (QED) is 0.637. The van der Waals surface area contributed by atoms with E-state index in [0.29, 0.717) is 5.96 Å². The third kappa shape index (κ3) is 2.12. The zero-order valence-electron chi connectivity index (χ0n) is 8.31. The van der Waals surface area contributed by atoms with E-state index in [1.807, 2.05) is 6.26 Å². The fourth-order valence-corrected chi connectivity index (χ4v) is 2.38. The third-order valence-electron chi connectivity index (χ3n) is 2.29. The first-order valence-corrected chi connectivity index (χ1v) is 6.36. The van der Waals surface area contributed by atoms with Gasteiger partial charge in [0.25, 0.3) is 0 Å².